The Labute approximate surface area is 225 Å². The van der Waals surface area contributed by atoms with Crippen molar-refractivity contribution in [3.05, 3.63) is 34.9 Å². The number of aryl methyl sites for hydroxylation is 2. The van der Waals surface area contributed by atoms with Crippen molar-refractivity contribution in [1.82, 2.24) is 15.5 Å². The Hall–Kier alpha value is -2.75. The Balaban J connectivity index is 3.50. The lowest BCUT2D eigenvalue weighted by Crippen LogP contribution is -2.53. The van der Waals surface area contributed by atoms with Crippen LogP contribution in [-0.2, 0) is 23.9 Å². The minimum Gasteiger partial charge on any atom is -0.468 e. The summed E-state index contributed by atoms with van der Waals surface area (Å²) in [7, 11) is 1.24. The predicted molar refractivity (Wildman–Crippen MR) is 146 cm³/mol. The van der Waals surface area contributed by atoms with E-state index in [4.69, 9.17) is 4.74 Å². The van der Waals surface area contributed by atoms with Gasteiger partial charge in [-0.25, -0.2) is 4.79 Å². The standard InChI is InChI=1S/C27H43N3O6S/c1-9-10-12-30(25(33)21(11-13-37-8)29-26(34)36-27(4,5)6)23(24(32)28-17-22(31)35-7)20-15-18(2)14-19(3)16-20/h14-16,21,23H,9-13,17H2,1-8H3,(H,28,32)(H,29,34). The van der Waals surface area contributed by atoms with Crippen LogP contribution in [0.4, 0.5) is 4.79 Å². The largest absolute Gasteiger partial charge is 0.468 e. The van der Waals surface area contributed by atoms with Gasteiger partial charge < -0.3 is 25.0 Å². The van der Waals surface area contributed by atoms with E-state index in [9.17, 15) is 19.2 Å². The number of thioether (sulfide) groups is 1. The number of carbonyl (C=O) groups is 4. The van der Waals surface area contributed by atoms with Crippen molar-refractivity contribution in [3.63, 3.8) is 0 Å². The van der Waals surface area contributed by atoms with E-state index in [1.54, 1.807) is 32.5 Å². The van der Waals surface area contributed by atoms with Crippen LogP contribution in [-0.4, -0.2) is 72.6 Å². The Morgan fingerprint density at radius 2 is 1.70 bits per heavy atom. The molecule has 1 aromatic rings. The third-order valence-corrected chi connectivity index (χ3v) is 6.03. The first-order chi connectivity index (χ1) is 17.3. The molecule has 1 rings (SSSR count). The number of unbranched alkanes of at least 4 members (excludes halogenated alkanes) is 1. The molecule has 0 saturated carbocycles. The molecule has 0 fully saturated rings. The maximum Gasteiger partial charge on any atom is 0.408 e. The number of nitrogens with one attached hydrogen (secondary N) is 2. The smallest absolute Gasteiger partial charge is 0.408 e. The summed E-state index contributed by atoms with van der Waals surface area (Å²) in [5.41, 5.74) is 1.78. The molecule has 2 atom stereocenters. The molecular formula is C27H43N3O6S. The number of hydrogen-bond acceptors (Lipinski definition) is 7. The van der Waals surface area contributed by atoms with Gasteiger partial charge in [0.15, 0.2) is 0 Å². The minimum atomic E-state index is -1.00. The van der Waals surface area contributed by atoms with Crippen LogP contribution < -0.4 is 10.6 Å². The topological polar surface area (TPSA) is 114 Å². The normalized spacial score (nSPS) is 12.8. The van der Waals surface area contributed by atoms with Crippen LogP contribution in [0.1, 0.15) is 69.7 Å². The summed E-state index contributed by atoms with van der Waals surface area (Å²) in [5, 5.41) is 5.33. The van der Waals surface area contributed by atoms with E-state index >= 15 is 0 Å². The highest BCUT2D eigenvalue weighted by Crippen LogP contribution is 2.26. The number of ether oxygens (including phenoxy) is 2. The van der Waals surface area contributed by atoms with E-state index in [1.165, 1.54) is 12.0 Å². The molecule has 0 bridgehead atoms. The van der Waals surface area contributed by atoms with Crippen molar-refractivity contribution in [2.75, 3.05) is 32.2 Å². The van der Waals surface area contributed by atoms with Crippen LogP contribution in [0.15, 0.2) is 18.2 Å². The van der Waals surface area contributed by atoms with Gasteiger partial charge in [0.2, 0.25) is 11.8 Å². The number of amides is 3. The van der Waals surface area contributed by atoms with Crippen LogP contribution in [0.2, 0.25) is 0 Å². The second-order valence-electron chi connectivity index (χ2n) is 9.98. The lowest BCUT2D eigenvalue weighted by atomic mass is 9.98. The molecule has 0 aliphatic heterocycles. The second kappa shape index (κ2) is 15.5. The van der Waals surface area contributed by atoms with Gasteiger partial charge in [0, 0.05) is 6.54 Å². The molecule has 9 nitrogen and oxygen atoms in total. The highest BCUT2D eigenvalue weighted by molar-refractivity contribution is 7.98. The summed E-state index contributed by atoms with van der Waals surface area (Å²) in [5.74, 6) is -0.855. The molecule has 37 heavy (non-hydrogen) atoms. The summed E-state index contributed by atoms with van der Waals surface area (Å²) < 4.78 is 10.1. The third-order valence-electron chi connectivity index (χ3n) is 5.39. The highest BCUT2D eigenvalue weighted by Gasteiger charge is 2.36. The zero-order valence-corrected chi connectivity index (χ0v) is 24.3. The monoisotopic (exact) mass is 537 g/mol. The molecule has 2 N–H and O–H groups in total. The van der Waals surface area contributed by atoms with E-state index in [2.05, 4.69) is 15.4 Å². The van der Waals surface area contributed by atoms with E-state index in [0.29, 0.717) is 30.7 Å². The quantitative estimate of drug-likeness (QED) is 0.367. The Morgan fingerprint density at radius 3 is 2.22 bits per heavy atom. The number of esters is 1. The summed E-state index contributed by atoms with van der Waals surface area (Å²) in [6.07, 6.45) is 3.04. The number of benzene rings is 1. The van der Waals surface area contributed by atoms with Crippen molar-refractivity contribution in [2.45, 2.75) is 78.5 Å². The molecule has 0 aliphatic carbocycles. The lowest BCUT2D eigenvalue weighted by Gasteiger charge is -2.34. The lowest BCUT2D eigenvalue weighted by molar-refractivity contribution is -0.144. The first-order valence-electron chi connectivity index (χ1n) is 12.5. The average molecular weight is 538 g/mol. The Kier molecular flexibility index (Phi) is 13.5. The molecule has 10 heteroatoms. The molecule has 0 saturated heterocycles. The van der Waals surface area contributed by atoms with E-state index in [1.807, 2.05) is 45.2 Å². The minimum absolute atomic E-state index is 0.296. The number of alkyl carbamates (subject to hydrolysis) is 1. The molecule has 0 heterocycles. The molecule has 1 aromatic carbocycles. The molecule has 0 spiro atoms. The van der Waals surface area contributed by atoms with Crippen LogP contribution in [0.5, 0.6) is 0 Å². The SMILES string of the molecule is CCCCN(C(=O)C(CCSC)NC(=O)OC(C)(C)C)C(C(=O)NCC(=O)OC)c1cc(C)cc(C)c1. The maximum absolute atomic E-state index is 14.0. The zero-order valence-electron chi connectivity index (χ0n) is 23.4. The second-order valence-corrected chi connectivity index (χ2v) is 11.0. The predicted octanol–water partition coefficient (Wildman–Crippen LogP) is 3.91. The van der Waals surface area contributed by atoms with Crippen molar-refractivity contribution in [2.24, 2.45) is 0 Å². The first kappa shape index (κ1) is 32.3. The van der Waals surface area contributed by atoms with Crippen molar-refractivity contribution in [3.8, 4) is 0 Å². The van der Waals surface area contributed by atoms with Crippen LogP contribution in [0.25, 0.3) is 0 Å². The van der Waals surface area contributed by atoms with E-state index in [0.717, 1.165) is 17.5 Å². The van der Waals surface area contributed by atoms with Crippen molar-refractivity contribution in [1.29, 1.82) is 0 Å². The van der Waals surface area contributed by atoms with Gasteiger partial charge in [-0.3, -0.25) is 14.4 Å². The van der Waals surface area contributed by atoms with Gasteiger partial charge in [0.05, 0.1) is 7.11 Å². The van der Waals surface area contributed by atoms with Gasteiger partial charge in [-0.1, -0.05) is 42.7 Å². The fourth-order valence-corrected chi connectivity index (χ4v) is 4.28. The van der Waals surface area contributed by atoms with Crippen molar-refractivity contribution >= 4 is 35.6 Å². The van der Waals surface area contributed by atoms with Gasteiger partial charge in [-0.05, 0) is 65.0 Å². The number of nitrogens with zero attached hydrogens (tertiary/aromatic N) is 1. The fraction of sp³-hybridized carbons (Fsp3) is 0.630. The Bertz CT molecular complexity index is 911. The van der Waals surface area contributed by atoms with Crippen LogP contribution in [0.3, 0.4) is 0 Å². The molecule has 2 unspecified atom stereocenters. The van der Waals surface area contributed by atoms with Crippen LogP contribution in [0, 0.1) is 13.8 Å². The van der Waals surface area contributed by atoms with E-state index < -0.39 is 35.7 Å². The fourth-order valence-electron chi connectivity index (χ4n) is 3.81. The third kappa shape index (κ3) is 11.5. The molecule has 0 aromatic heterocycles. The Morgan fingerprint density at radius 1 is 1.08 bits per heavy atom. The molecule has 0 aliphatic rings. The van der Waals surface area contributed by atoms with Gasteiger partial charge in [-0.2, -0.15) is 11.8 Å². The summed E-state index contributed by atoms with van der Waals surface area (Å²) in [6, 6.07) is 3.82. The molecule has 0 radical (unpaired) electrons. The highest BCUT2D eigenvalue weighted by atomic mass is 32.2. The summed E-state index contributed by atoms with van der Waals surface area (Å²) in [4.78, 5) is 53.4. The summed E-state index contributed by atoms with van der Waals surface area (Å²) >= 11 is 1.55. The van der Waals surface area contributed by atoms with Gasteiger partial charge in [0.1, 0.15) is 24.2 Å². The van der Waals surface area contributed by atoms with Gasteiger partial charge in [-0.15, -0.1) is 0 Å². The number of methoxy groups -OCH3 is 1. The first-order valence-corrected chi connectivity index (χ1v) is 13.9. The maximum atomic E-state index is 14.0. The van der Waals surface area contributed by atoms with Gasteiger partial charge in [0.25, 0.3) is 0 Å². The average Bonchev–Trinajstić information content (AvgIpc) is 2.80. The molecular weight excluding hydrogens is 494 g/mol. The molecule has 208 valence electrons. The number of carbonyl (C=O) groups excluding carboxylic acids is 4. The molecule has 3 amide bonds. The van der Waals surface area contributed by atoms with E-state index in [-0.39, 0.29) is 12.5 Å². The summed E-state index contributed by atoms with van der Waals surface area (Å²) in [6.45, 7) is 11.1. The number of hydrogen-bond donors (Lipinski definition) is 2. The van der Waals surface area contributed by atoms with Crippen molar-refractivity contribution < 1.29 is 28.7 Å². The number of rotatable bonds is 13. The van der Waals surface area contributed by atoms with Gasteiger partial charge >= 0.3 is 12.1 Å². The van der Waals surface area contributed by atoms with Crippen LogP contribution >= 0.6 is 11.8 Å². The zero-order chi connectivity index (χ0) is 28.2.